The summed E-state index contributed by atoms with van der Waals surface area (Å²) >= 11 is 0. The van der Waals surface area contributed by atoms with E-state index in [1.807, 2.05) is 36.4 Å². The molecule has 4 rings (SSSR count). The topological polar surface area (TPSA) is 54.5 Å². The maximum Gasteiger partial charge on any atom is 0.0709 e. The van der Waals surface area contributed by atoms with Crippen molar-refractivity contribution in [1.29, 1.82) is 0 Å². The van der Waals surface area contributed by atoms with Crippen molar-refractivity contribution in [3.05, 3.63) is 67.0 Å². The van der Waals surface area contributed by atoms with Gasteiger partial charge in [0.25, 0.3) is 0 Å². The summed E-state index contributed by atoms with van der Waals surface area (Å²) in [5.74, 6) is 0. The quantitative estimate of drug-likeness (QED) is 0.486. The Kier molecular flexibility index (Phi) is 3.14. The molecule has 0 radical (unpaired) electrons. The van der Waals surface area contributed by atoms with E-state index in [2.05, 4.69) is 38.6 Å². The molecule has 4 nitrogen and oxygen atoms in total. The molecule has 2 aromatic carbocycles. The van der Waals surface area contributed by atoms with Gasteiger partial charge in [0, 0.05) is 17.0 Å². The molecule has 0 saturated heterocycles. The predicted molar refractivity (Wildman–Crippen MR) is 75.6 cm³/mol. The first kappa shape index (κ1) is 11.3. The summed E-state index contributed by atoms with van der Waals surface area (Å²) in [6.07, 6.45) is 3.24. The first-order chi connectivity index (χ1) is 9.43. The third-order valence-corrected chi connectivity index (χ3v) is 2.76. The average Bonchev–Trinajstić information content (AvgIpc) is 3.04. The fourth-order valence-electron chi connectivity index (χ4n) is 1.89. The molecule has 0 spiro atoms. The Balaban J connectivity index is 0.000000187. The van der Waals surface area contributed by atoms with Crippen LogP contribution >= 0.6 is 0 Å². The number of rotatable bonds is 0. The lowest BCUT2D eigenvalue weighted by molar-refractivity contribution is 0.940. The number of aromatic nitrogens is 4. The average molecular weight is 248 g/mol. The molecule has 0 atom stereocenters. The van der Waals surface area contributed by atoms with Crippen molar-refractivity contribution in [2.24, 2.45) is 0 Å². The van der Waals surface area contributed by atoms with Crippen LogP contribution < -0.4 is 0 Å². The van der Waals surface area contributed by atoms with Gasteiger partial charge in [-0.15, -0.1) is 5.10 Å². The van der Waals surface area contributed by atoms with Crippen LogP contribution in [0.25, 0.3) is 21.8 Å². The zero-order valence-corrected chi connectivity index (χ0v) is 10.2. The Morgan fingerprint density at radius 2 is 1.42 bits per heavy atom. The highest BCUT2D eigenvalue weighted by Crippen LogP contribution is 2.18. The van der Waals surface area contributed by atoms with Crippen molar-refractivity contribution < 1.29 is 0 Å². The maximum atomic E-state index is 4.58. The van der Waals surface area contributed by atoms with Crippen molar-refractivity contribution in [2.45, 2.75) is 0 Å². The van der Waals surface area contributed by atoms with Gasteiger partial charge in [0.05, 0.1) is 17.2 Å². The van der Waals surface area contributed by atoms with Gasteiger partial charge < -0.3 is 0 Å². The summed E-state index contributed by atoms with van der Waals surface area (Å²) in [7, 11) is 0. The van der Waals surface area contributed by atoms with Gasteiger partial charge in [-0.25, -0.2) is 4.98 Å². The van der Waals surface area contributed by atoms with E-state index in [9.17, 15) is 0 Å². The molecule has 0 amide bonds. The Bertz CT molecular complexity index is 656. The molecule has 0 saturated carbocycles. The van der Waals surface area contributed by atoms with E-state index in [0.717, 1.165) is 11.0 Å². The zero-order chi connectivity index (χ0) is 12.9. The Morgan fingerprint density at radius 1 is 0.789 bits per heavy atom. The number of nitrogens with zero attached hydrogens (tertiary/aromatic N) is 3. The third kappa shape index (κ3) is 2.57. The molecule has 1 N–H and O–H groups in total. The smallest absolute Gasteiger partial charge is 0.0709 e. The molecule has 0 aliphatic carbocycles. The van der Waals surface area contributed by atoms with E-state index in [1.165, 1.54) is 10.8 Å². The van der Waals surface area contributed by atoms with Gasteiger partial charge in [-0.2, -0.15) is 0 Å². The highest BCUT2D eigenvalue weighted by atomic mass is 15.3. The Hall–Kier alpha value is -2.75. The molecule has 19 heavy (non-hydrogen) atoms. The van der Waals surface area contributed by atoms with E-state index < -0.39 is 0 Å². The summed E-state index contributed by atoms with van der Waals surface area (Å²) in [6.45, 7) is 0. The maximum absolute atomic E-state index is 4.58. The Morgan fingerprint density at radius 3 is 1.89 bits per heavy atom. The second kappa shape index (κ2) is 5.27. The molecule has 2 aromatic heterocycles. The second-order valence-electron chi connectivity index (χ2n) is 4.03. The number of hydrogen-bond donors (Lipinski definition) is 1. The van der Waals surface area contributed by atoms with Gasteiger partial charge in [0.2, 0.25) is 0 Å². The molecule has 0 aliphatic rings. The molecule has 0 unspecified atom stereocenters. The standard InChI is InChI=1S/C13H9N.C2H3N3/c1-3-7-12-10(5-1)9-11-6-2-4-8-13(11)14-12;1-2-4-5-3-1/h1-9H;1-2H,(H,3,4,5). The summed E-state index contributed by atoms with van der Waals surface area (Å²) in [4.78, 5) is 4.58. The second-order valence-corrected chi connectivity index (χ2v) is 4.03. The van der Waals surface area contributed by atoms with Crippen LogP contribution in [-0.4, -0.2) is 20.4 Å². The first-order valence-corrected chi connectivity index (χ1v) is 5.98. The summed E-state index contributed by atoms with van der Waals surface area (Å²) < 4.78 is 0. The number of para-hydroxylation sites is 2. The monoisotopic (exact) mass is 248 g/mol. The molecular formula is C15H12N4. The molecule has 4 heteroatoms. The van der Waals surface area contributed by atoms with E-state index >= 15 is 0 Å². The highest BCUT2D eigenvalue weighted by molar-refractivity contribution is 5.92. The van der Waals surface area contributed by atoms with Crippen molar-refractivity contribution in [1.82, 2.24) is 20.4 Å². The summed E-state index contributed by atoms with van der Waals surface area (Å²) in [6, 6.07) is 18.6. The van der Waals surface area contributed by atoms with Crippen LogP contribution in [0, 0.1) is 0 Å². The largest absolute Gasteiger partial charge is 0.266 e. The lowest BCUT2D eigenvalue weighted by Gasteiger charge is -1.99. The minimum atomic E-state index is 1.06. The number of fused-ring (bicyclic) bond motifs is 2. The number of aromatic amines is 1. The highest BCUT2D eigenvalue weighted by Gasteiger charge is 1.96. The number of benzene rings is 2. The van der Waals surface area contributed by atoms with Crippen LogP contribution in [0.15, 0.2) is 67.0 Å². The minimum Gasteiger partial charge on any atom is -0.266 e. The number of nitrogens with one attached hydrogen (secondary N) is 1. The normalized spacial score (nSPS) is 10.1. The van der Waals surface area contributed by atoms with Gasteiger partial charge in [-0.1, -0.05) is 41.6 Å². The number of hydrogen-bond acceptors (Lipinski definition) is 3. The van der Waals surface area contributed by atoms with Crippen LogP contribution in [0.2, 0.25) is 0 Å². The number of pyridine rings is 1. The molecule has 92 valence electrons. The van der Waals surface area contributed by atoms with Crippen LogP contribution in [-0.2, 0) is 0 Å². The molecule has 0 bridgehead atoms. The summed E-state index contributed by atoms with van der Waals surface area (Å²) in [5.41, 5.74) is 2.12. The molecular weight excluding hydrogens is 236 g/mol. The molecule has 4 aromatic rings. The Labute approximate surface area is 110 Å². The van der Waals surface area contributed by atoms with Gasteiger partial charge in [-0.05, 0) is 18.2 Å². The summed E-state index contributed by atoms with van der Waals surface area (Å²) in [5, 5.41) is 11.7. The van der Waals surface area contributed by atoms with E-state index in [1.54, 1.807) is 12.4 Å². The lowest BCUT2D eigenvalue weighted by atomic mass is 10.1. The van der Waals surface area contributed by atoms with Crippen LogP contribution in [0.1, 0.15) is 0 Å². The molecule has 0 fully saturated rings. The predicted octanol–water partition coefficient (Wildman–Crippen LogP) is 3.19. The van der Waals surface area contributed by atoms with Gasteiger partial charge in [-0.3, -0.25) is 5.10 Å². The van der Waals surface area contributed by atoms with E-state index in [0.29, 0.717) is 0 Å². The van der Waals surface area contributed by atoms with Crippen molar-refractivity contribution >= 4 is 21.8 Å². The third-order valence-electron chi connectivity index (χ3n) is 2.76. The van der Waals surface area contributed by atoms with Crippen LogP contribution in [0.3, 0.4) is 0 Å². The lowest BCUT2D eigenvalue weighted by Crippen LogP contribution is -1.80. The molecule has 2 heterocycles. The van der Waals surface area contributed by atoms with Crippen molar-refractivity contribution in [2.75, 3.05) is 0 Å². The van der Waals surface area contributed by atoms with Gasteiger partial charge in [0.15, 0.2) is 0 Å². The SMILES string of the molecule is c1c[nH]nn1.c1ccc2nc3ccccc3cc2c1. The molecule has 0 aliphatic heterocycles. The fourth-order valence-corrected chi connectivity index (χ4v) is 1.89. The van der Waals surface area contributed by atoms with Crippen LogP contribution in [0.4, 0.5) is 0 Å². The van der Waals surface area contributed by atoms with Gasteiger partial charge in [0.1, 0.15) is 0 Å². The number of H-pyrrole nitrogens is 1. The van der Waals surface area contributed by atoms with E-state index in [4.69, 9.17) is 0 Å². The van der Waals surface area contributed by atoms with Crippen molar-refractivity contribution in [3.63, 3.8) is 0 Å². The first-order valence-electron chi connectivity index (χ1n) is 5.98. The van der Waals surface area contributed by atoms with Crippen LogP contribution in [0.5, 0.6) is 0 Å². The van der Waals surface area contributed by atoms with E-state index in [-0.39, 0.29) is 0 Å². The zero-order valence-electron chi connectivity index (χ0n) is 10.2. The fraction of sp³-hybridized carbons (Fsp3) is 0. The van der Waals surface area contributed by atoms with Gasteiger partial charge >= 0.3 is 0 Å². The van der Waals surface area contributed by atoms with Crippen molar-refractivity contribution in [3.8, 4) is 0 Å². The minimum absolute atomic E-state index is 1.06.